The number of halogens is 1. The Morgan fingerprint density at radius 1 is 1.38 bits per heavy atom. The highest BCUT2D eigenvalue weighted by Gasteiger charge is 2.08. The van der Waals surface area contributed by atoms with Crippen LogP contribution in [0.4, 0.5) is 0 Å². The van der Waals surface area contributed by atoms with Gasteiger partial charge in [-0.2, -0.15) is 0 Å². The first-order valence-corrected chi connectivity index (χ1v) is 5.50. The fourth-order valence-electron chi connectivity index (χ4n) is 1.74. The van der Waals surface area contributed by atoms with Crippen molar-refractivity contribution < 1.29 is 9.73 Å². The number of aryl methyl sites for hydroxylation is 1. The van der Waals surface area contributed by atoms with Crippen LogP contribution in [0.2, 0.25) is 5.02 Å². The molecule has 4 heteroatoms. The predicted octanol–water partition coefficient (Wildman–Crippen LogP) is 1.45. The van der Waals surface area contributed by atoms with Gasteiger partial charge in [0.25, 0.3) is 0 Å². The fraction of sp³-hybridized carbons (Fsp3) is 0.250. The van der Waals surface area contributed by atoms with Gasteiger partial charge >= 0.3 is 5.63 Å². The van der Waals surface area contributed by atoms with Gasteiger partial charge in [-0.15, -0.1) is 0 Å². The van der Waals surface area contributed by atoms with E-state index in [1.165, 1.54) is 6.07 Å². The molecule has 0 atom stereocenters. The first kappa shape index (κ1) is 11.2. The molecular formula is C12H13ClNO2+. The molecule has 2 aromatic rings. The van der Waals surface area contributed by atoms with Crippen molar-refractivity contribution in [3.8, 4) is 0 Å². The predicted molar refractivity (Wildman–Crippen MR) is 63.8 cm³/mol. The van der Waals surface area contributed by atoms with Gasteiger partial charge < -0.3 is 9.73 Å². The van der Waals surface area contributed by atoms with Crippen LogP contribution >= 0.6 is 11.6 Å². The molecule has 1 aromatic carbocycles. The zero-order valence-corrected chi connectivity index (χ0v) is 9.97. The maximum absolute atomic E-state index is 11.4. The summed E-state index contributed by atoms with van der Waals surface area (Å²) >= 11 is 6.07. The lowest BCUT2D eigenvalue weighted by atomic mass is 10.1. The second-order valence-electron chi connectivity index (χ2n) is 3.80. The lowest BCUT2D eigenvalue weighted by molar-refractivity contribution is -0.643. The molecule has 0 amide bonds. The third kappa shape index (κ3) is 1.96. The lowest BCUT2D eigenvalue weighted by Crippen LogP contribution is -2.77. The van der Waals surface area contributed by atoms with Crippen LogP contribution in [0.15, 0.2) is 27.4 Å². The lowest BCUT2D eigenvalue weighted by Gasteiger charge is -2.05. The van der Waals surface area contributed by atoms with E-state index in [-0.39, 0.29) is 5.63 Å². The molecular weight excluding hydrogens is 226 g/mol. The van der Waals surface area contributed by atoms with E-state index in [0.717, 1.165) is 23.1 Å². The topological polar surface area (TPSA) is 46.8 Å². The van der Waals surface area contributed by atoms with Crippen molar-refractivity contribution >= 4 is 22.6 Å². The monoisotopic (exact) mass is 238 g/mol. The van der Waals surface area contributed by atoms with Crippen LogP contribution < -0.4 is 10.9 Å². The summed E-state index contributed by atoms with van der Waals surface area (Å²) in [6.45, 7) is 2.63. The molecule has 0 unspecified atom stereocenters. The molecule has 16 heavy (non-hydrogen) atoms. The number of quaternary nitrogens is 1. The van der Waals surface area contributed by atoms with Crippen LogP contribution in [0.3, 0.4) is 0 Å². The maximum atomic E-state index is 11.4. The van der Waals surface area contributed by atoms with Gasteiger partial charge in [-0.1, -0.05) is 11.6 Å². The highest BCUT2D eigenvalue weighted by atomic mass is 35.5. The average molecular weight is 239 g/mol. The minimum atomic E-state index is -0.314. The van der Waals surface area contributed by atoms with Gasteiger partial charge in [-0.05, 0) is 24.6 Å². The van der Waals surface area contributed by atoms with Gasteiger partial charge in [0.2, 0.25) is 0 Å². The second kappa shape index (κ2) is 4.28. The van der Waals surface area contributed by atoms with Crippen LogP contribution in [-0.4, -0.2) is 7.05 Å². The summed E-state index contributed by atoms with van der Waals surface area (Å²) < 4.78 is 5.16. The Morgan fingerprint density at radius 3 is 2.81 bits per heavy atom. The summed E-state index contributed by atoms with van der Waals surface area (Å²) in [5.41, 5.74) is 2.16. The molecule has 3 nitrogen and oxygen atoms in total. The molecule has 0 bridgehead atoms. The second-order valence-corrected chi connectivity index (χ2v) is 4.21. The summed E-state index contributed by atoms with van der Waals surface area (Å²) in [5.74, 6) is 0. The van der Waals surface area contributed by atoms with Crippen molar-refractivity contribution in [3.05, 3.63) is 44.8 Å². The molecule has 0 saturated carbocycles. The number of fused-ring (bicyclic) bond motifs is 1. The van der Waals surface area contributed by atoms with E-state index in [2.05, 4.69) is 0 Å². The molecule has 0 saturated heterocycles. The van der Waals surface area contributed by atoms with E-state index in [9.17, 15) is 4.79 Å². The van der Waals surface area contributed by atoms with E-state index in [0.29, 0.717) is 10.6 Å². The number of nitrogens with two attached hydrogens (primary N) is 1. The highest BCUT2D eigenvalue weighted by molar-refractivity contribution is 6.32. The summed E-state index contributed by atoms with van der Waals surface area (Å²) in [6.07, 6.45) is 0. The van der Waals surface area contributed by atoms with E-state index in [4.69, 9.17) is 16.0 Å². The Bertz CT molecular complexity index is 589. The molecule has 84 valence electrons. The minimum absolute atomic E-state index is 0.314. The van der Waals surface area contributed by atoms with Crippen LogP contribution in [0.1, 0.15) is 11.1 Å². The maximum Gasteiger partial charge on any atom is 0.336 e. The number of hydrogen-bond acceptors (Lipinski definition) is 2. The van der Waals surface area contributed by atoms with Crippen molar-refractivity contribution in [2.75, 3.05) is 7.05 Å². The standard InChI is InChI=1S/C12H12ClNO2/c1-7-3-11-9(5-10(7)13)8(6-14-2)4-12(15)16-11/h3-5,14H,6H2,1-2H3/p+1. The number of rotatable bonds is 2. The molecule has 0 aliphatic heterocycles. The van der Waals surface area contributed by atoms with Crippen molar-refractivity contribution in [2.45, 2.75) is 13.5 Å². The van der Waals surface area contributed by atoms with Crippen LogP contribution in [0, 0.1) is 6.92 Å². The summed E-state index contributed by atoms with van der Waals surface area (Å²) in [7, 11) is 1.95. The van der Waals surface area contributed by atoms with Crippen molar-refractivity contribution in [3.63, 3.8) is 0 Å². The summed E-state index contributed by atoms with van der Waals surface area (Å²) in [5, 5.41) is 3.61. The zero-order valence-electron chi connectivity index (χ0n) is 9.21. The van der Waals surface area contributed by atoms with Gasteiger partial charge in [-0.25, -0.2) is 4.79 Å². The Morgan fingerprint density at radius 2 is 2.12 bits per heavy atom. The van der Waals surface area contributed by atoms with E-state index in [1.54, 1.807) is 6.07 Å². The minimum Gasteiger partial charge on any atom is -0.423 e. The molecule has 0 aliphatic carbocycles. The van der Waals surface area contributed by atoms with Crippen molar-refractivity contribution in [1.82, 2.24) is 0 Å². The molecule has 2 N–H and O–H groups in total. The molecule has 2 rings (SSSR count). The zero-order chi connectivity index (χ0) is 11.7. The third-order valence-corrected chi connectivity index (χ3v) is 2.94. The SMILES string of the molecule is C[NH2+]Cc1cc(=O)oc2cc(C)c(Cl)cc12. The van der Waals surface area contributed by atoms with E-state index < -0.39 is 0 Å². The first-order chi connectivity index (χ1) is 7.61. The van der Waals surface area contributed by atoms with E-state index in [1.807, 2.05) is 25.4 Å². The van der Waals surface area contributed by atoms with Crippen LogP contribution in [-0.2, 0) is 6.54 Å². The summed E-state index contributed by atoms with van der Waals surface area (Å²) in [6, 6.07) is 5.18. The largest absolute Gasteiger partial charge is 0.423 e. The number of benzene rings is 1. The van der Waals surface area contributed by atoms with Gasteiger partial charge in [0.1, 0.15) is 12.1 Å². The highest BCUT2D eigenvalue weighted by Crippen LogP contribution is 2.24. The normalized spacial score (nSPS) is 10.9. The Kier molecular flexibility index (Phi) is 2.99. The molecule has 0 spiro atoms. The molecule has 0 radical (unpaired) electrons. The van der Waals surface area contributed by atoms with Gasteiger partial charge in [0.15, 0.2) is 0 Å². The summed E-state index contributed by atoms with van der Waals surface area (Å²) in [4.78, 5) is 11.4. The molecule has 0 fully saturated rings. The third-order valence-electron chi connectivity index (χ3n) is 2.53. The van der Waals surface area contributed by atoms with Crippen LogP contribution in [0.5, 0.6) is 0 Å². The van der Waals surface area contributed by atoms with E-state index >= 15 is 0 Å². The van der Waals surface area contributed by atoms with Crippen molar-refractivity contribution in [1.29, 1.82) is 0 Å². The Balaban J connectivity index is 2.79. The Labute approximate surface area is 98.0 Å². The Hall–Kier alpha value is -1.32. The van der Waals surface area contributed by atoms with Gasteiger partial charge in [0, 0.05) is 22.0 Å². The smallest absolute Gasteiger partial charge is 0.336 e. The quantitative estimate of drug-likeness (QED) is 0.805. The van der Waals surface area contributed by atoms with Gasteiger partial charge in [-0.3, -0.25) is 0 Å². The average Bonchev–Trinajstić information content (AvgIpc) is 2.21. The first-order valence-electron chi connectivity index (χ1n) is 5.12. The molecule has 1 heterocycles. The van der Waals surface area contributed by atoms with Crippen molar-refractivity contribution in [2.24, 2.45) is 0 Å². The van der Waals surface area contributed by atoms with Gasteiger partial charge in [0.05, 0.1) is 7.05 Å². The molecule has 0 aliphatic rings. The molecule has 1 aromatic heterocycles. The van der Waals surface area contributed by atoms with Crippen LogP contribution in [0.25, 0.3) is 11.0 Å². The number of hydrogen-bond donors (Lipinski definition) is 1. The fourth-order valence-corrected chi connectivity index (χ4v) is 1.90.